The normalized spacial score (nSPS) is 11.9. The molecule has 26 heavy (non-hydrogen) atoms. The summed E-state index contributed by atoms with van der Waals surface area (Å²) >= 11 is 0. The topological polar surface area (TPSA) is 47.6 Å². The number of methoxy groups -OCH3 is 1. The van der Waals surface area contributed by atoms with Crippen molar-refractivity contribution in [3.05, 3.63) is 59.7 Å². The van der Waals surface area contributed by atoms with Gasteiger partial charge in [0.1, 0.15) is 11.5 Å². The van der Waals surface area contributed by atoms with Crippen LogP contribution in [0.15, 0.2) is 48.5 Å². The smallest absolute Gasteiger partial charge is 0.261 e. The quantitative estimate of drug-likeness (QED) is 0.728. The molecule has 2 aromatic rings. The van der Waals surface area contributed by atoms with Crippen LogP contribution in [-0.4, -0.2) is 25.7 Å². The van der Waals surface area contributed by atoms with Crippen molar-refractivity contribution in [3.8, 4) is 11.5 Å². The van der Waals surface area contributed by atoms with Crippen molar-refractivity contribution in [2.45, 2.75) is 45.6 Å². The minimum atomic E-state index is -0.509. The van der Waals surface area contributed by atoms with Gasteiger partial charge >= 0.3 is 0 Å². The van der Waals surface area contributed by atoms with E-state index in [-0.39, 0.29) is 5.91 Å². The average Bonchev–Trinajstić information content (AvgIpc) is 2.66. The van der Waals surface area contributed by atoms with Gasteiger partial charge in [-0.1, -0.05) is 51.1 Å². The molecule has 2 rings (SSSR count). The van der Waals surface area contributed by atoms with Gasteiger partial charge in [0.2, 0.25) is 0 Å². The summed E-state index contributed by atoms with van der Waals surface area (Å²) in [5.41, 5.74) is 2.55. The monoisotopic (exact) mass is 355 g/mol. The minimum absolute atomic E-state index is 0.0888. The summed E-state index contributed by atoms with van der Waals surface area (Å²) in [4.78, 5) is 12.4. The first-order valence-electron chi connectivity index (χ1n) is 9.20. The van der Waals surface area contributed by atoms with Crippen LogP contribution in [-0.2, 0) is 11.2 Å². The molecular formula is C22H29NO3. The van der Waals surface area contributed by atoms with E-state index >= 15 is 0 Å². The molecule has 0 radical (unpaired) electrons. The Morgan fingerprint density at radius 3 is 2.38 bits per heavy atom. The molecule has 2 aromatic carbocycles. The van der Waals surface area contributed by atoms with Crippen LogP contribution in [0.1, 0.15) is 44.2 Å². The second-order valence-electron chi connectivity index (χ2n) is 6.63. The molecule has 0 aliphatic carbocycles. The molecule has 0 aliphatic rings. The van der Waals surface area contributed by atoms with Crippen LogP contribution in [0.25, 0.3) is 0 Å². The minimum Gasteiger partial charge on any atom is -0.497 e. The molecule has 0 bridgehead atoms. The van der Waals surface area contributed by atoms with E-state index in [0.717, 1.165) is 6.42 Å². The fourth-order valence-corrected chi connectivity index (χ4v) is 2.67. The number of amides is 1. The van der Waals surface area contributed by atoms with Crippen LogP contribution in [0, 0.1) is 0 Å². The van der Waals surface area contributed by atoms with Crippen LogP contribution >= 0.6 is 0 Å². The first-order valence-corrected chi connectivity index (χ1v) is 9.20. The van der Waals surface area contributed by atoms with Gasteiger partial charge in [-0.3, -0.25) is 4.79 Å². The van der Waals surface area contributed by atoms with Crippen molar-refractivity contribution in [1.29, 1.82) is 0 Å². The van der Waals surface area contributed by atoms with E-state index in [2.05, 4.69) is 43.4 Å². The van der Waals surface area contributed by atoms with Gasteiger partial charge < -0.3 is 14.8 Å². The Hall–Kier alpha value is -2.49. The number of hydrogen-bond donors (Lipinski definition) is 1. The van der Waals surface area contributed by atoms with Crippen molar-refractivity contribution in [3.63, 3.8) is 0 Å². The van der Waals surface area contributed by atoms with Crippen molar-refractivity contribution in [1.82, 2.24) is 5.32 Å². The van der Waals surface area contributed by atoms with Crippen LogP contribution in [0.4, 0.5) is 0 Å². The molecule has 0 heterocycles. The fourth-order valence-electron chi connectivity index (χ4n) is 2.67. The third kappa shape index (κ3) is 5.80. The number of hydrogen-bond acceptors (Lipinski definition) is 3. The van der Waals surface area contributed by atoms with E-state index in [4.69, 9.17) is 9.47 Å². The Bertz CT molecular complexity index is 695. The van der Waals surface area contributed by atoms with E-state index < -0.39 is 6.10 Å². The van der Waals surface area contributed by atoms with Gasteiger partial charge in [-0.25, -0.2) is 0 Å². The second-order valence-corrected chi connectivity index (χ2v) is 6.63. The maximum atomic E-state index is 12.4. The Morgan fingerprint density at radius 2 is 1.77 bits per heavy atom. The van der Waals surface area contributed by atoms with Gasteiger partial charge in [-0.15, -0.1) is 0 Å². The predicted molar refractivity (Wildman–Crippen MR) is 105 cm³/mol. The second kappa shape index (κ2) is 9.85. The third-order valence-corrected chi connectivity index (χ3v) is 4.34. The van der Waals surface area contributed by atoms with E-state index in [1.807, 2.05) is 25.1 Å². The lowest BCUT2D eigenvalue weighted by molar-refractivity contribution is -0.128. The SMILES string of the molecule is CC[C@@H](Oc1cccc(OC)c1)C(=O)NCCc1ccc(C(C)C)cc1. The van der Waals surface area contributed by atoms with Gasteiger partial charge in [-0.2, -0.15) is 0 Å². The summed E-state index contributed by atoms with van der Waals surface area (Å²) in [5.74, 6) is 1.79. The van der Waals surface area contributed by atoms with Gasteiger partial charge in [0.25, 0.3) is 5.91 Å². The summed E-state index contributed by atoms with van der Waals surface area (Å²) in [6.07, 6.45) is 0.900. The van der Waals surface area contributed by atoms with Gasteiger partial charge in [0, 0.05) is 12.6 Å². The van der Waals surface area contributed by atoms with E-state index in [1.54, 1.807) is 13.2 Å². The van der Waals surface area contributed by atoms with Crippen molar-refractivity contribution in [2.24, 2.45) is 0 Å². The average molecular weight is 355 g/mol. The number of benzene rings is 2. The highest BCUT2D eigenvalue weighted by molar-refractivity contribution is 5.81. The van der Waals surface area contributed by atoms with Gasteiger partial charge in [0.15, 0.2) is 6.10 Å². The maximum absolute atomic E-state index is 12.4. The molecule has 4 nitrogen and oxygen atoms in total. The lowest BCUT2D eigenvalue weighted by atomic mass is 10.0. The standard InChI is InChI=1S/C22H29NO3/c1-5-21(26-20-8-6-7-19(15-20)25-4)22(24)23-14-13-17-9-11-18(12-10-17)16(2)3/h6-12,15-16,21H,5,13-14H2,1-4H3,(H,23,24)/t21-/m1/s1. The van der Waals surface area contributed by atoms with E-state index in [0.29, 0.717) is 30.4 Å². The molecule has 0 aromatic heterocycles. The van der Waals surface area contributed by atoms with E-state index in [9.17, 15) is 4.79 Å². The highest BCUT2D eigenvalue weighted by atomic mass is 16.5. The fraction of sp³-hybridized carbons (Fsp3) is 0.409. The Labute approximate surface area is 156 Å². The third-order valence-electron chi connectivity index (χ3n) is 4.34. The van der Waals surface area contributed by atoms with Crippen molar-refractivity contribution < 1.29 is 14.3 Å². The first kappa shape index (κ1) is 19.8. The Balaban J connectivity index is 1.84. The number of ether oxygens (including phenoxy) is 2. The zero-order valence-corrected chi connectivity index (χ0v) is 16.1. The van der Waals surface area contributed by atoms with Crippen LogP contribution < -0.4 is 14.8 Å². The lowest BCUT2D eigenvalue weighted by Gasteiger charge is -2.17. The highest BCUT2D eigenvalue weighted by Crippen LogP contribution is 2.20. The maximum Gasteiger partial charge on any atom is 0.261 e. The Kier molecular flexibility index (Phi) is 7.52. The summed E-state index contributed by atoms with van der Waals surface area (Å²) in [6.45, 7) is 6.90. The largest absolute Gasteiger partial charge is 0.497 e. The van der Waals surface area contributed by atoms with Crippen LogP contribution in [0.5, 0.6) is 11.5 Å². The molecule has 0 saturated heterocycles. The van der Waals surface area contributed by atoms with E-state index in [1.165, 1.54) is 11.1 Å². The summed E-state index contributed by atoms with van der Waals surface area (Å²) in [5, 5.41) is 2.97. The molecule has 0 unspecified atom stereocenters. The first-order chi connectivity index (χ1) is 12.5. The molecule has 1 N–H and O–H groups in total. The van der Waals surface area contributed by atoms with Crippen molar-refractivity contribution in [2.75, 3.05) is 13.7 Å². The highest BCUT2D eigenvalue weighted by Gasteiger charge is 2.18. The summed E-state index contributed by atoms with van der Waals surface area (Å²) < 4.78 is 11.0. The number of rotatable bonds is 9. The summed E-state index contributed by atoms with van der Waals surface area (Å²) in [6, 6.07) is 15.9. The van der Waals surface area contributed by atoms with Crippen molar-refractivity contribution >= 4 is 5.91 Å². The molecular weight excluding hydrogens is 326 g/mol. The van der Waals surface area contributed by atoms with Gasteiger partial charge in [-0.05, 0) is 42.0 Å². The zero-order valence-electron chi connectivity index (χ0n) is 16.1. The molecule has 140 valence electrons. The molecule has 1 atom stereocenters. The van der Waals surface area contributed by atoms with Crippen LogP contribution in [0.3, 0.4) is 0 Å². The lowest BCUT2D eigenvalue weighted by Crippen LogP contribution is -2.38. The number of carbonyl (C=O) groups excluding carboxylic acids is 1. The molecule has 0 saturated carbocycles. The molecule has 0 aliphatic heterocycles. The number of nitrogens with one attached hydrogen (secondary N) is 1. The zero-order chi connectivity index (χ0) is 18.9. The van der Waals surface area contributed by atoms with Crippen LogP contribution in [0.2, 0.25) is 0 Å². The molecule has 0 fully saturated rings. The van der Waals surface area contributed by atoms with Gasteiger partial charge in [0.05, 0.1) is 7.11 Å². The molecule has 0 spiro atoms. The summed E-state index contributed by atoms with van der Waals surface area (Å²) in [7, 11) is 1.61. The Morgan fingerprint density at radius 1 is 1.08 bits per heavy atom. The number of carbonyl (C=O) groups is 1. The molecule has 1 amide bonds. The predicted octanol–water partition coefficient (Wildman–Crippen LogP) is 4.33. The molecule has 4 heteroatoms.